The Balaban J connectivity index is 1.53. The lowest BCUT2D eigenvalue weighted by Crippen LogP contribution is -2.44. The van der Waals surface area contributed by atoms with Crippen LogP contribution in [-0.4, -0.2) is 41.5 Å². The smallest absolute Gasteiger partial charge is 0.252 e. The highest BCUT2D eigenvalue weighted by atomic mass is 32.2. The van der Waals surface area contributed by atoms with Crippen LogP contribution in [0.25, 0.3) is 0 Å². The molecule has 27 heavy (non-hydrogen) atoms. The minimum atomic E-state index is 0.0409. The fraction of sp³-hybridized carbons (Fsp3) is 0.429. The summed E-state index contributed by atoms with van der Waals surface area (Å²) in [7, 11) is 0. The number of thiazole rings is 1. The summed E-state index contributed by atoms with van der Waals surface area (Å²) < 4.78 is 0. The summed E-state index contributed by atoms with van der Waals surface area (Å²) in [6, 6.07) is 8.12. The third kappa shape index (κ3) is 6.19. The van der Waals surface area contributed by atoms with Gasteiger partial charge in [0, 0.05) is 41.7 Å². The minimum Gasteiger partial charge on any atom is -0.349 e. The Kier molecular flexibility index (Phi) is 7.50. The molecule has 1 amide bonds. The number of thioether (sulfide) groups is 1. The second-order valence-electron chi connectivity index (χ2n) is 7.09. The number of hydrogen-bond acceptors (Lipinski definition) is 5. The summed E-state index contributed by atoms with van der Waals surface area (Å²) in [5.41, 5.74) is 5.03. The van der Waals surface area contributed by atoms with Crippen LogP contribution < -0.4 is 5.32 Å². The maximum absolute atomic E-state index is 12.8. The van der Waals surface area contributed by atoms with Gasteiger partial charge in [0.25, 0.3) is 5.91 Å². The molecule has 0 radical (unpaired) electrons. The Morgan fingerprint density at radius 3 is 2.81 bits per heavy atom. The zero-order valence-electron chi connectivity index (χ0n) is 16.0. The molecule has 3 rings (SSSR count). The molecule has 1 N–H and O–H groups in total. The normalized spacial score (nSPS) is 15.5. The first-order valence-electron chi connectivity index (χ1n) is 9.37. The third-order valence-corrected chi connectivity index (χ3v) is 6.41. The van der Waals surface area contributed by atoms with E-state index in [1.54, 1.807) is 23.1 Å². The number of carbonyl (C=O) groups excluding carboxylic acids is 1. The summed E-state index contributed by atoms with van der Waals surface area (Å²) in [6.07, 6.45) is 4.29. The van der Waals surface area contributed by atoms with Crippen molar-refractivity contribution in [3.05, 3.63) is 58.1 Å². The van der Waals surface area contributed by atoms with E-state index in [9.17, 15) is 4.79 Å². The number of likely N-dealkylation sites (tertiary alicyclic amines) is 1. The van der Waals surface area contributed by atoms with Crippen LogP contribution in [0, 0.1) is 0 Å². The van der Waals surface area contributed by atoms with Crippen LogP contribution in [-0.2, 0) is 5.75 Å². The van der Waals surface area contributed by atoms with Gasteiger partial charge >= 0.3 is 0 Å². The van der Waals surface area contributed by atoms with Gasteiger partial charge in [-0.2, -0.15) is 0 Å². The molecule has 1 saturated heterocycles. The molecule has 2 aromatic rings. The van der Waals surface area contributed by atoms with Crippen molar-refractivity contribution in [1.29, 1.82) is 0 Å². The second-order valence-corrected chi connectivity index (χ2v) is 8.83. The van der Waals surface area contributed by atoms with Crippen molar-refractivity contribution in [3.8, 4) is 0 Å². The van der Waals surface area contributed by atoms with Gasteiger partial charge in [0.2, 0.25) is 0 Å². The van der Waals surface area contributed by atoms with Crippen LogP contribution in [0.2, 0.25) is 0 Å². The molecular weight excluding hydrogens is 374 g/mol. The quantitative estimate of drug-likeness (QED) is 0.544. The third-order valence-electron chi connectivity index (χ3n) is 4.67. The molecule has 1 aromatic heterocycles. The Morgan fingerprint density at radius 1 is 1.33 bits per heavy atom. The molecule has 1 aliphatic rings. The van der Waals surface area contributed by atoms with Crippen LogP contribution in [0.3, 0.4) is 0 Å². The topological polar surface area (TPSA) is 45.2 Å². The van der Waals surface area contributed by atoms with Crippen molar-refractivity contribution < 1.29 is 4.79 Å². The van der Waals surface area contributed by atoms with Gasteiger partial charge in [-0.15, -0.1) is 23.1 Å². The zero-order chi connectivity index (χ0) is 19.1. The van der Waals surface area contributed by atoms with Crippen molar-refractivity contribution in [2.24, 2.45) is 0 Å². The first-order chi connectivity index (χ1) is 13.1. The van der Waals surface area contributed by atoms with Crippen LogP contribution in [0.15, 0.2) is 51.7 Å². The fourth-order valence-electron chi connectivity index (χ4n) is 3.08. The summed E-state index contributed by atoms with van der Waals surface area (Å²) in [5.74, 6) is 0.829. The molecule has 0 atom stereocenters. The van der Waals surface area contributed by atoms with Crippen molar-refractivity contribution >= 4 is 29.0 Å². The maximum Gasteiger partial charge on any atom is 0.252 e. The number of nitrogens with one attached hydrogen (secondary N) is 1. The highest BCUT2D eigenvalue weighted by Gasteiger charge is 2.21. The molecule has 0 saturated carbocycles. The van der Waals surface area contributed by atoms with Crippen LogP contribution in [0.5, 0.6) is 0 Å². The number of rotatable bonds is 7. The summed E-state index contributed by atoms with van der Waals surface area (Å²) in [6.45, 7) is 7.36. The molecule has 144 valence electrons. The predicted molar refractivity (Wildman–Crippen MR) is 114 cm³/mol. The van der Waals surface area contributed by atoms with Crippen molar-refractivity contribution in [2.45, 2.75) is 43.4 Å². The van der Waals surface area contributed by atoms with E-state index in [0.29, 0.717) is 0 Å². The van der Waals surface area contributed by atoms with Gasteiger partial charge in [-0.25, -0.2) is 4.98 Å². The number of amides is 1. The number of carbonyl (C=O) groups is 1. The van der Waals surface area contributed by atoms with Gasteiger partial charge in [0.15, 0.2) is 0 Å². The lowest BCUT2D eigenvalue weighted by molar-refractivity contribution is 0.0911. The fourth-order valence-corrected chi connectivity index (χ4v) is 4.69. The standard InChI is InChI=1S/C21H27N3OS2/c1-16(2)7-10-24-11-8-17(9-12-24)23-21(25)19-5-3-4-6-20(19)27-14-18-13-26-15-22-18/h3-7,13,15,17H,8-12,14H2,1-2H3,(H,23,25). The SMILES string of the molecule is CC(C)=CCN1CCC(NC(=O)c2ccccc2SCc2cscn2)CC1. The molecule has 0 spiro atoms. The highest BCUT2D eigenvalue weighted by molar-refractivity contribution is 7.98. The molecule has 1 aromatic carbocycles. The lowest BCUT2D eigenvalue weighted by atomic mass is 10.0. The van der Waals surface area contributed by atoms with E-state index in [0.717, 1.165) is 54.4 Å². The molecule has 0 aliphatic carbocycles. The van der Waals surface area contributed by atoms with Crippen LogP contribution in [0.1, 0.15) is 42.7 Å². The average Bonchev–Trinajstić information content (AvgIpc) is 3.19. The Hall–Kier alpha value is -1.63. The Bertz CT molecular complexity index is 761. The van der Waals surface area contributed by atoms with Gasteiger partial charge < -0.3 is 5.32 Å². The highest BCUT2D eigenvalue weighted by Crippen LogP contribution is 2.26. The number of hydrogen-bond donors (Lipinski definition) is 1. The molecule has 1 aliphatic heterocycles. The van der Waals surface area contributed by atoms with E-state index < -0.39 is 0 Å². The molecule has 6 heteroatoms. The largest absolute Gasteiger partial charge is 0.349 e. The van der Waals surface area contributed by atoms with Crippen molar-refractivity contribution in [1.82, 2.24) is 15.2 Å². The molecule has 4 nitrogen and oxygen atoms in total. The average molecular weight is 402 g/mol. The number of aromatic nitrogens is 1. The summed E-state index contributed by atoms with van der Waals surface area (Å²) in [5, 5.41) is 5.30. The number of nitrogens with zero attached hydrogens (tertiary/aromatic N) is 2. The second kappa shape index (κ2) is 10.1. The molecule has 0 unspecified atom stereocenters. The van der Waals surface area contributed by atoms with Crippen molar-refractivity contribution in [3.63, 3.8) is 0 Å². The number of benzene rings is 1. The van der Waals surface area contributed by atoms with E-state index in [2.05, 4.69) is 40.5 Å². The Labute approximate surface area is 170 Å². The van der Waals surface area contributed by atoms with E-state index >= 15 is 0 Å². The molecular formula is C21H27N3OS2. The van der Waals surface area contributed by atoms with Gasteiger partial charge in [0.1, 0.15) is 0 Å². The van der Waals surface area contributed by atoms with Gasteiger partial charge in [-0.1, -0.05) is 23.8 Å². The monoisotopic (exact) mass is 401 g/mol. The predicted octanol–water partition coefficient (Wildman–Crippen LogP) is 4.60. The summed E-state index contributed by atoms with van der Waals surface area (Å²) >= 11 is 3.28. The summed E-state index contributed by atoms with van der Waals surface area (Å²) in [4.78, 5) is 20.6. The maximum atomic E-state index is 12.8. The van der Waals surface area contributed by atoms with Crippen molar-refractivity contribution in [2.75, 3.05) is 19.6 Å². The number of piperidine rings is 1. The van der Waals surface area contributed by atoms with Gasteiger partial charge in [-0.05, 0) is 38.8 Å². The first kappa shape index (κ1) is 20.1. The van der Waals surface area contributed by atoms with E-state index in [1.165, 1.54) is 5.57 Å². The minimum absolute atomic E-state index is 0.0409. The zero-order valence-corrected chi connectivity index (χ0v) is 17.6. The van der Waals surface area contributed by atoms with Crippen LogP contribution >= 0.6 is 23.1 Å². The van der Waals surface area contributed by atoms with Crippen LogP contribution in [0.4, 0.5) is 0 Å². The molecule has 1 fully saturated rings. The van der Waals surface area contributed by atoms with Gasteiger partial charge in [0.05, 0.1) is 16.8 Å². The van der Waals surface area contributed by atoms with E-state index in [1.807, 2.05) is 29.8 Å². The lowest BCUT2D eigenvalue weighted by Gasteiger charge is -2.31. The van der Waals surface area contributed by atoms with E-state index in [4.69, 9.17) is 0 Å². The first-order valence-corrected chi connectivity index (χ1v) is 11.3. The van der Waals surface area contributed by atoms with E-state index in [-0.39, 0.29) is 11.9 Å². The Morgan fingerprint density at radius 2 is 2.11 bits per heavy atom. The molecule has 0 bridgehead atoms. The molecule has 2 heterocycles. The van der Waals surface area contributed by atoms with Gasteiger partial charge in [-0.3, -0.25) is 9.69 Å². The number of allylic oxidation sites excluding steroid dienone is 1.